The Balaban J connectivity index is 2.37. The number of hydrogen-bond donors (Lipinski definition) is 0. The predicted octanol–water partition coefficient (Wildman–Crippen LogP) is 3.09. The summed E-state index contributed by atoms with van der Waals surface area (Å²) in [7, 11) is 0. The maximum absolute atomic E-state index is 12.3. The smallest absolute Gasteiger partial charge is 0.260 e. The minimum absolute atomic E-state index is 0.163. The number of carbonyl (C=O) groups is 2. The molecule has 19 heavy (non-hydrogen) atoms. The van der Waals surface area contributed by atoms with Crippen LogP contribution in [-0.2, 0) is 4.79 Å². The summed E-state index contributed by atoms with van der Waals surface area (Å²) in [5.41, 5.74) is 9.98. The van der Waals surface area contributed by atoms with E-state index in [0.29, 0.717) is 13.0 Å². The van der Waals surface area contributed by atoms with Crippen LogP contribution in [0.1, 0.15) is 35.2 Å². The summed E-state index contributed by atoms with van der Waals surface area (Å²) in [6.07, 6.45) is 2.04. The highest BCUT2D eigenvalue weighted by Gasteiger charge is 2.26. The van der Waals surface area contributed by atoms with E-state index in [1.807, 2.05) is 6.92 Å². The molecule has 0 radical (unpaired) electrons. The van der Waals surface area contributed by atoms with E-state index in [4.69, 9.17) is 5.53 Å². The number of azide groups is 1. The average molecular weight is 258 g/mol. The van der Waals surface area contributed by atoms with Crippen LogP contribution in [-0.4, -0.2) is 23.3 Å². The Morgan fingerprint density at radius 1 is 1.42 bits per heavy atom. The lowest BCUT2D eigenvalue weighted by Gasteiger charge is -2.25. The molecule has 0 aromatic heterocycles. The van der Waals surface area contributed by atoms with Crippen molar-refractivity contribution in [3.8, 4) is 0 Å². The van der Waals surface area contributed by atoms with Gasteiger partial charge in [0.2, 0.25) is 5.91 Å². The SMILES string of the molecule is Cc1ccc(C(=O)N2CCCCC2=O)c(N=[N+]=[N-])c1. The van der Waals surface area contributed by atoms with Crippen LogP contribution in [0, 0.1) is 6.92 Å². The van der Waals surface area contributed by atoms with Crippen LogP contribution in [0.2, 0.25) is 0 Å². The fourth-order valence-electron chi connectivity index (χ4n) is 2.12. The van der Waals surface area contributed by atoms with Crippen LogP contribution < -0.4 is 0 Å². The van der Waals surface area contributed by atoms with Gasteiger partial charge in [-0.1, -0.05) is 16.7 Å². The Hall–Kier alpha value is -2.33. The van der Waals surface area contributed by atoms with Crippen LogP contribution in [0.4, 0.5) is 5.69 Å². The molecule has 0 N–H and O–H groups in total. The van der Waals surface area contributed by atoms with Gasteiger partial charge < -0.3 is 0 Å². The van der Waals surface area contributed by atoms with Crippen molar-refractivity contribution in [1.82, 2.24) is 4.90 Å². The van der Waals surface area contributed by atoms with Gasteiger partial charge in [0.15, 0.2) is 0 Å². The highest BCUT2D eigenvalue weighted by molar-refractivity contribution is 6.07. The van der Waals surface area contributed by atoms with Crippen molar-refractivity contribution in [3.63, 3.8) is 0 Å². The normalized spacial score (nSPS) is 15.0. The fraction of sp³-hybridized carbons (Fsp3) is 0.385. The maximum atomic E-state index is 12.3. The quantitative estimate of drug-likeness (QED) is 0.353. The van der Waals surface area contributed by atoms with Crippen molar-refractivity contribution in [3.05, 3.63) is 39.8 Å². The van der Waals surface area contributed by atoms with Crippen LogP contribution in [0.5, 0.6) is 0 Å². The van der Waals surface area contributed by atoms with Crippen LogP contribution >= 0.6 is 0 Å². The first-order valence-corrected chi connectivity index (χ1v) is 6.14. The molecule has 0 aliphatic carbocycles. The summed E-state index contributed by atoms with van der Waals surface area (Å²) < 4.78 is 0. The van der Waals surface area contributed by atoms with Gasteiger partial charge in [0, 0.05) is 23.4 Å². The minimum atomic E-state index is -0.382. The zero-order valence-electron chi connectivity index (χ0n) is 10.7. The Bertz CT molecular complexity index is 576. The summed E-state index contributed by atoms with van der Waals surface area (Å²) >= 11 is 0. The summed E-state index contributed by atoms with van der Waals surface area (Å²) in [4.78, 5) is 28.0. The molecular weight excluding hydrogens is 244 g/mol. The first-order chi connectivity index (χ1) is 9.13. The molecule has 1 fully saturated rings. The van der Waals surface area contributed by atoms with Gasteiger partial charge in [-0.05, 0) is 37.4 Å². The molecular formula is C13H14N4O2. The molecule has 1 aromatic carbocycles. The lowest BCUT2D eigenvalue weighted by molar-refractivity contribution is -0.130. The Labute approximate surface area is 110 Å². The summed E-state index contributed by atoms with van der Waals surface area (Å²) in [6.45, 7) is 2.28. The summed E-state index contributed by atoms with van der Waals surface area (Å²) in [5.74, 6) is -0.546. The third-order valence-electron chi connectivity index (χ3n) is 3.10. The maximum Gasteiger partial charge on any atom is 0.260 e. The van der Waals surface area contributed by atoms with Crippen LogP contribution in [0.15, 0.2) is 23.3 Å². The van der Waals surface area contributed by atoms with E-state index in [1.54, 1.807) is 18.2 Å². The number of carbonyl (C=O) groups excluding carboxylic acids is 2. The molecule has 0 atom stereocenters. The predicted molar refractivity (Wildman–Crippen MR) is 69.9 cm³/mol. The highest BCUT2D eigenvalue weighted by atomic mass is 16.2. The number of nitrogens with zero attached hydrogens (tertiary/aromatic N) is 4. The molecule has 0 unspecified atom stereocenters. The Morgan fingerprint density at radius 2 is 2.21 bits per heavy atom. The number of piperidine rings is 1. The molecule has 6 nitrogen and oxygen atoms in total. The number of aryl methyl sites for hydroxylation is 1. The first-order valence-electron chi connectivity index (χ1n) is 6.14. The molecule has 2 amide bonds. The molecule has 2 rings (SSSR count). The molecule has 6 heteroatoms. The van der Waals surface area contributed by atoms with Crippen LogP contribution in [0.3, 0.4) is 0 Å². The van der Waals surface area contributed by atoms with Crippen LogP contribution in [0.25, 0.3) is 10.4 Å². The molecule has 0 bridgehead atoms. The molecule has 98 valence electrons. The van der Waals surface area contributed by atoms with Gasteiger partial charge in [-0.2, -0.15) is 0 Å². The molecule has 0 saturated carbocycles. The van der Waals surface area contributed by atoms with E-state index in [0.717, 1.165) is 18.4 Å². The summed E-state index contributed by atoms with van der Waals surface area (Å²) in [6, 6.07) is 5.00. The number of hydrogen-bond acceptors (Lipinski definition) is 3. The molecule has 1 aliphatic heterocycles. The summed E-state index contributed by atoms with van der Waals surface area (Å²) in [5, 5.41) is 3.53. The second kappa shape index (κ2) is 5.54. The number of rotatable bonds is 2. The van der Waals surface area contributed by atoms with Crippen molar-refractivity contribution in [2.75, 3.05) is 6.54 Å². The van der Waals surface area contributed by atoms with E-state index in [9.17, 15) is 9.59 Å². The molecule has 0 spiro atoms. The number of imide groups is 1. The molecule has 1 aliphatic rings. The van der Waals surface area contributed by atoms with Gasteiger partial charge in [-0.15, -0.1) is 0 Å². The standard InChI is InChI=1S/C13H14N4O2/c1-9-5-6-10(11(8-9)15-16-14)13(19)17-7-3-2-4-12(17)18/h5-6,8H,2-4,7H2,1H3. The second-order valence-electron chi connectivity index (χ2n) is 4.52. The van der Waals surface area contributed by atoms with E-state index >= 15 is 0 Å². The van der Waals surface area contributed by atoms with E-state index in [2.05, 4.69) is 10.0 Å². The van der Waals surface area contributed by atoms with Gasteiger partial charge in [-0.3, -0.25) is 14.5 Å². The Kier molecular flexibility index (Phi) is 3.82. The average Bonchev–Trinajstić information content (AvgIpc) is 2.39. The van der Waals surface area contributed by atoms with E-state index in [-0.39, 0.29) is 23.1 Å². The zero-order valence-corrected chi connectivity index (χ0v) is 10.7. The number of amides is 2. The van der Waals surface area contributed by atoms with Crippen molar-refractivity contribution in [2.45, 2.75) is 26.2 Å². The Morgan fingerprint density at radius 3 is 2.89 bits per heavy atom. The fourth-order valence-corrected chi connectivity index (χ4v) is 2.12. The molecule has 1 aromatic rings. The lowest BCUT2D eigenvalue weighted by Crippen LogP contribution is -2.40. The van der Waals surface area contributed by atoms with Gasteiger partial charge >= 0.3 is 0 Å². The zero-order chi connectivity index (χ0) is 13.8. The van der Waals surface area contributed by atoms with E-state index < -0.39 is 0 Å². The van der Waals surface area contributed by atoms with E-state index in [1.165, 1.54) is 4.90 Å². The topological polar surface area (TPSA) is 86.1 Å². The second-order valence-corrected chi connectivity index (χ2v) is 4.52. The monoisotopic (exact) mass is 258 g/mol. The van der Waals surface area contributed by atoms with Crippen molar-refractivity contribution >= 4 is 17.5 Å². The van der Waals surface area contributed by atoms with Crippen molar-refractivity contribution < 1.29 is 9.59 Å². The molecule has 1 heterocycles. The number of benzene rings is 1. The van der Waals surface area contributed by atoms with Gasteiger partial charge in [-0.25, -0.2) is 0 Å². The largest absolute Gasteiger partial charge is 0.279 e. The molecule has 1 saturated heterocycles. The lowest BCUT2D eigenvalue weighted by atomic mass is 10.1. The third-order valence-corrected chi connectivity index (χ3v) is 3.10. The minimum Gasteiger partial charge on any atom is -0.279 e. The van der Waals surface area contributed by atoms with Crippen molar-refractivity contribution in [2.24, 2.45) is 5.11 Å². The van der Waals surface area contributed by atoms with Gasteiger partial charge in [0.1, 0.15) is 0 Å². The van der Waals surface area contributed by atoms with Crippen molar-refractivity contribution in [1.29, 1.82) is 0 Å². The third kappa shape index (κ3) is 2.74. The van der Waals surface area contributed by atoms with Gasteiger partial charge in [0.25, 0.3) is 5.91 Å². The number of likely N-dealkylation sites (tertiary alicyclic amines) is 1. The first kappa shape index (κ1) is 13.1. The highest BCUT2D eigenvalue weighted by Crippen LogP contribution is 2.24. The van der Waals surface area contributed by atoms with Gasteiger partial charge in [0.05, 0.1) is 5.69 Å².